The molecule has 208 valence electrons. The molecule has 2 aliphatic rings. The lowest BCUT2D eigenvalue weighted by Gasteiger charge is -2.33. The average Bonchev–Trinajstić information content (AvgIpc) is 2.96. The Kier molecular flexibility index (Phi) is 8.95. The maximum Gasteiger partial charge on any atom is 0.222 e. The zero-order valence-electron chi connectivity index (χ0n) is 22.0. The minimum absolute atomic E-state index is 0.0194. The lowest BCUT2D eigenvalue weighted by atomic mass is 10.1. The maximum atomic E-state index is 13.6. The second-order valence-electron chi connectivity index (χ2n) is 9.75. The summed E-state index contributed by atoms with van der Waals surface area (Å²) in [6.45, 7) is 5.70. The number of hydrogen-bond acceptors (Lipinski definition) is 8. The molecule has 0 aliphatic carbocycles. The van der Waals surface area contributed by atoms with Crippen molar-refractivity contribution < 1.29 is 23.4 Å². The fourth-order valence-electron chi connectivity index (χ4n) is 4.97. The number of aromatic nitrogens is 2. The Balaban J connectivity index is 1.21. The predicted octanol–water partition coefficient (Wildman–Crippen LogP) is 4.66. The number of anilines is 2. The zero-order chi connectivity index (χ0) is 27.2. The molecule has 0 unspecified atom stereocenters. The van der Waals surface area contributed by atoms with Crippen molar-refractivity contribution in [3.63, 3.8) is 0 Å². The van der Waals surface area contributed by atoms with Gasteiger partial charge in [0, 0.05) is 62.6 Å². The van der Waals surface area contributed by atoms with Crippen molar-refractivity contribution in [1.82, 2.24) is 19.8 Å². The zero-order valence-corrected chi connectivity index (χ0v) is 22.8. The van der Waals surface area contributed by atoms with Crippen LogP contribution in [0.4, 0.5) is 15.9 Å². The van der Waals surface area contributed by atoms with Crippen molar-refractivity contribution >= 4 is 39.9 Å². The molecule has 9 nitrogen and oxygen atoms in total. The van der Waals surface area contributed by atoms with E-state index in [0.29, 0.717) is 48.0 Å². The summed E-state index contributed by atoms with van der Waals surface area (Å²) in [7, 11) is 1.59. The number of benzene rings is 2. The molecule has 3 heterocycles. The highest BCUT2D eigenvalue weighted by atomic mass is 35.5. The smallest absolute Gasteiger partial charge is 0.222 e. The molecule has 1 amide bonds. The number of likely N-dealkylation sites (tertiary alicyclic amines) is 1. The van der Waals surface area contributed by atoms with Gasteiger partial charge in [-0.2, -0.15) is 0 Å². The molecule has 2 aliphatic heterocycles. The summed E-state index contributed by atoms with van der Waals surface area (Å²) in [5.41, 5.74) is 1.27. The van der Waals surface area contributed by atoms with Crippen molar-refractivity contribution in [3.05, 3.63) is 47.5 Å². The first-order valence-electron chi connectivity index (χ1n) is 13.3. The number of morpholine rings is 1. The first-order chi connectivity index (χ1) is 19.0. The van der Waals surface area contributed by atoms with Crippen molar-refractivity contribution in [2.24, 2.45) is 0 Å². The summed E-state index contributed by atoms with van der Waals surface area (Å²) in [6.07, 6.45) is 4.30. The van der Waals surface area contributed by atoms with Gasteiger partial charge in [-0.15, -0.1) is 0 Å². The molecule has 1 N–H and O–H groups in total. The van der Waals surface area contributed by atoms with Crippen molar-refractivity contribution in [2.45, 2.75) is 31.8 Å². The van der Waals surface area contributed by atoms with Crippen LogP contribution in [0.1, 0.15) is 25.7 Å². The number of halogens is 2. The maximum absolute atomic E-state index is 13.6. The van der Waals surface area contributed by atoms with Gasteiger partial charge in [0.1, 0.15) is 24.1 Å². The number of rotatable bonds is 9. The molecule has 2 saturated heterocycles. The van der Waals surface area contributed by atoms with Crippen LogP contribution in [0.5, 0.6) is 11.5 Å². The molecule has 0 saturated carbocycles. The normalized spacial score (nSPS) is 16.8. The van der Waals surface area contributed by atoms with E-state index < -0.39 is 5.82 Å². The Labute approximate surface area is 232 Å². The van der Waals surface area contributed by atoms with Crippen LogP contribution in [-0.2, 0) is 9.53 Å². The SMILES string of the molecule is COc1cc2ncnc(Nc3ccc(F)c(Cl)c3)c2cc1OC1CCN(C(=O)CCCN2CCOCC2)CC1. The quantitative estimate of drug-likeness (QED) is 0.406. The Bertz CT molecular complexity index is 1300. The number of hydrogen-bond donors (Lipinski definition) is 1. The van der Waals surface area contributed by atoms with Gasteiger partial charge in [-0.25, -0.2) is 14.4 Å². The van der Waals surface area contributed by atoms with Gasteiger partial charge in [-0.3, -0.25) is 9.69 Å². The molecule has 1 aromatic heterocycles. The molecule has 2 aromatic carbocycles. The molecule has 39 heavy (non-hydrogen) atoms. The van der Waals surface area contributed by atoms with Crippen molar-refractivity contribution in [1.29, 1.82) is 0 Å². The van der Waals surface area contributed by atoms with E-state index >= 15 is 0 Å². The first kappa shape index (κ1) is 27.4. The van der Waals surface area contributed by atoms with Crippen LogP contribution in [0.3, 0.4) is 0 Å². The van der Waals surface area contributed by atoms with Crippen LogP contribution < -0.4 is 14.8 Å². The van der Waals surface area contributed by atoms with Crippen molar-refractivity contribution in [3.8, 4) is 11.5 Å². The third-order valence-electron chi connectivity index (χ3n) is 7.16. The van der Waals surface area contributed by atoms with Gasteiger partial charge in [0.25, 0.3) is 0 Å². The molecule has 5 rings (SSSR count). The second kappa shape index (κ2) is 12.8. The van der Waals surface area contributed by atoms with Gasteiger partial charge >= 0.3 is 0 Å². The minimum Gasteiger partial charge on any atom is -0.493 e. The standard InChI is InChI=1S/C28H33ClFN5O4/c1-37-25-17-24-21(28(32-18-31-24)33-19-4-5-23(30)22(29)15-19)16-26(25)39-20-6-9-35(10-7-20)27(36)3-2-8-34-11-13-38-14-12-34/h4-5,15-18,20H,2-3,6-14H2,1H3,(H,31,32,33). The van der Waals surface area contributed by atoms with E-state index in [-0.39, 0.29) is 17.0 Å². The van der Waals surface area contributed by atoms with Crippen LogP contribution >= 0.6 is 11.6 Å². The molecule has 0 radical (unpaired) electrons. The van der Waals surface area contributed by atoms with E-state index in [2.05, 4.69) is 20.2 Å². The second-order valence-corrected chi connectivity index (χ2v) is 10.2. The largest absolute Gasteiger partial charge is 0.493 e. The first-order valence-corrected chi connectivity index (χ1v) is 13.7. The predicted molar refractivity (Wildman–Crippen MR) is 148 cm³/mol. The highest BCUT2D eigenvalue weighted by Crippen LogP contribution is 2.36. The van der Waals surface area contributed by atoms with E-state index in [4.69, 9.17) is 25.8 Å². The molecule has 3 aromatic rings. The fourth-order valence-corrected chi connectivity index (χ4v) is 5.15. The third-order valence-corrected chi connectivity index (χ3v) is 7.45. The Morgan fingerprint density at radius 1 is 1.13 bits per heavy atom. The van der Waals surface area contributed by atoms with Gasteiger partial charge in [0.2, 0.25) is 5.91 Å². The van der Waals surface area contributed by atoms with E-state index in [1.165, 1.54) is 18.5 Å². The van der Waals surface area contributed by atoms with E-state index in [1.54, 1.807) is 13.2 Å². The summed E-state index contributed by atoms with van der Waals surface area (Å²) >= 11 is 5.94. The molecular weight excluding hydrogens is 525 g/mol. The number of nitrogens with zero attached hydrogens (tertiary/aromatic N) is 4. The van der Waals surface area contributed by atoms with Crippen LogP contribution in [0.15, 0.2) is 36.7 Å². The number of carbonyl (C=O) groups is 1. The highest BCUT2D eigenvalue weighted by Gasteiger charge is 2.25. The lowest BCUT2D eigenvalue weighted by molar-refractivity contribution is -0.133. The number of nitrogens with one attached hydrogen (secondary N) is 1. The summed E-state index contributed by atoms with van der Waals surface area (Å²) in [4.78, 5) is 25.8. The van der Waals surface area contributed by atoms with Gasteiger partial charge in [0.05, 0.1) is 30.9 Å². The number of amides is 1. The number of methoxy groups -OCH3 is 1. The number of carbonyl (C=O) groups excluding carboxylic acids is 1. The van der Waals surface area contributed by atoms with Crippen LogP contribution in [0, 0.1) is 5.82 Å². The van der Waals surface area contributed by atoms with Gasteiger partial charge < -0.3 is 24.4 Å². The van der Waals surface area contributed by atoms with Crippen LogP contribution in [0.25, 0.3) is 10.9 Å². The van der Waals surface area contributed by atoms with Crippen LogP contribution in [0.2, 0.25) is 5.02 Å². The Hall–Kier alpha value is -3.21. The topological polar surface area (TPSA) is 89.1 Å². The molecule has 11 heteroatoms. The minimum atomic E-state index is -0.490. The summed E-state index contributed by atoms with van der Waals surface area (Å²) in [5.74, 6) is 1.40. The summed E-state index contributed by atoms with van der Waals surface area (Å²) < 4.78 is 31.0. The highest BCUT2D eigenvalue weighted by molar-refractivity contribution is 6.31. The molecule has 0 spiro atoms. The van der Waals surface area contributed by atoms with Gasteiger partial charge in [-0.05, 0) is 37.2 Å². The summed E-state index contributed by atoms with van der Waals surface area (Å²) in [5, 5.41) is 3.93. The van der Waals surface area contributed by atoms with Crippen molar-refractivity contribution in [2.75, 3.05) is 58.4 Å². The molecular formula is C28H33ClFN5O4. The Morgan fingerprint density at radius 3 is 2.67 bits per heavy atom. The number of piperidine rings is 1. The molecule has 0 bridgehead atoms. The van der Waals surface area contributed by atoms with Gasteiger partial charge in [-0.1, -0.05) is 11.6 Å². The fraction of sp³-hybridized carbons (Fsp3) is 0.464. The third kappa shape index (κ3) is 6.87. The number of ether oxygens (including phenoxy) is 3. The molecule has 2 fully saturated rings. The van der Waals surface area contributed by atoms with E-state index in [9.17, 15) is 9.18 Å². The number of fused-ring (bicyclic) bond motifs is 1. The molecule has 0 atom stereocenters. The van der Waals surface area contributed by atoms with Crippen LogP contribution in [-0.4, -0.2) is 84.8 Å². The average molecular weight is 558 g/mol. The summed E-state index contributed by atoms with van der Waals surface area (Å²) in [6, 6.07) is 8.05. The lowest BCUT2D eigenvalue weighted by Crippen LogP contribution is -2.42. The van der Waals surface area contributed by atoms with E-state index in [0.717, 1.165) is 57.5 Å². The Morgan fingerprint density at radius 2 is 1.92 bits per heavy atom. The van der Waals surface area contributed by atoms with Gasteiger partial charge in [0.15, 0.2) is 11.5 Å². The monoisotopic (exact) mass is 557 g/mol. The van der Waals surface area contributed by atoms with E-state index in [1.807, 2.05) is 17.0 Å².